The van der Waals surface area contributed by atoms with Crippen LogP contribution in [-0.2, 0) is 9.59 Å². The van der Waals surface area contributed by atoms with Crippen molar-refractivity contribution >= 4 is 43.7 Å². The van der Waals surface area contributed by atoms with E-state index < -0.39 is 5.91 Å². The summed E-state index contributed by atoms with van der Waals surface area (Å²) in [5, 5.41) is 0. The van der Waals surface area contributed by atoms with Crippen LogP contribution < -0.4 is 15.6 Å². The molecule has 0 aliphatic heterocycles. The fraction of sp³-hybridized carbons (Fsp3) is 0.385. The average molecular weight is 408 g/mol. The van der Waals surface area contributed by atoms with Crippen molar-refractivity contribution < 1.29 is 14.3 Å². The summed E-state index contributed by atoms with van der Waals surface area (Å²) in [6, 6.07) is 3.73. The van der Waals surface area contributed by atoms with Crippen LogP contribution in [-0.4, -0.2) is 18.4 Å². The van der Waals surface area contributed by atoms with Crippen molar-refractivity contribution in [3.05, 3.63) is 26.6 Å². The minimum absolute atomic E-state index is 0.173. The highest BCUT2D eigenvalue weighted by Crippen LogP contribution is 2.32. The molecule has 2 N–H and O–H groups in total. The van der Waals surface area contributed by atoms with Gasteiger partial charge in [0, 0.05) is 10.9 Å². The Labute approximate surface area is 134 Å². The van der Waals surface area contributed by atoms with Gasteiger partial charge in [0.15, 0.2) is 6.61 Å². The van der Waals surface area contributed by atoms with Crippen molar-refractivity contribution in [2.24, 2.45) is 0 Å². The Kier molecular flexibility index (Phi) is 7.01. The lowest BCUT2D eigenvalue weighted by atomic mass is 10.2. The summed E-state index contributed by atoms with van der Waals surface area (Å²) in [5.41, 5.74) is 5.52. The number of hydrogen-bond acceptors (Lipinski definition) is 3. The zero-order valence-corrected chi connectivity index (χ0v) is 14.4. The smallest absolute Gasteiger partial charge is 0.276 e. The number of aryl methyl sites for hydroxylation is 1. The monoisotopic (exact) mass is 406 g/mol. The molecule has 0 aliphatic carbocycles. The molecule has 0 saturated heterocycles. The van der Waals surface area contributed by atoms with Crippen molar-refractivity contribution in [3.8, 4) is 5.75 Å². The Hall–Kier alpha value is -1.08. The number of halogens is 2. The Morgan fingerprint density at radius 3 is 2.45 bits per heavy atom. The highest BCUT2D eigenvalue weighted by atomic mass is 79.9. The molecule has 0 radical (unpaired) electrons. The molecule has 1 rings (SSSR count). The normalized spacial score (nSPS) is 10.0. The standard InChI is InChI=1S/C13H16Br2N2O3/c1-3-4-11(18)16-17-12(19)7-20-13-8(2)5-9(14)6-10(13)15/h5-6H,3-4,7H2,1-2H3,(H,16,18)(H,17,19). The predicted octanol–water partition coefficient (Wildman–Crippen LogP) is 2.85. The summed E-state index contributed by atoms with van der Waals surface area (Å²) in [6.07, 6.45) is 1.10. The van der Waals surface area contributed by atoms with Gasteiger partial charge in [-0.05, 0) is 47.0 Å². The molecule has 110 valence electrons. The SMILES string of the molecule is CCCC(=O)NNC(=O)COc1c(C)cc(Br)cc1Br. The van der Waals surface area contributed by atoms with Gasteiger partial charge in [-0.3, -0.25) is 20.4 Å². The Morgan fingerprint density at radius 2 is 1.85 bits per heavy atom. The molecule has 0 aromatic heterocycles. The van der Waals surface area contributed by atoms with Crippen LogP contribution in [0.5, 0.6) is 5.75 Å². The molecule has 2 amide bonds. The maximum Gasteiger partial charge on any atom is 0.276 e. The quantitative estimate of drug-likeness (QED) is 0.737. The summed E-state index contributed by atoms with van der Waals surface area (Å²) in [6.45, 7) is 3.59. The molecule has 0 unspecified atom stereocenters. The second-order valence-corrected chi connectivity index (χ2v) is 5.94. The number of carbonyl (C=O) groups is 2. The van der Waals surface area contributed by atoms with Gasteiger partial charge in [0.1, 0.15) is 5.75 Å². The third kappa shape index (κ3) is 5.50. The van der Waals surface area contributed by atoms with Crippen molar-refractivity contribution in [1.82, 2.24) is 10.9 Å². The molecule has 0 saturated carbocycles. The molecule has 7 heteroatoms. The van der Waals surface area contributed by atoms with E-state index in [0.717, 1.165) is 20.9 Å². The molecule has 0 fully saturated rings. The van der Waals surface area contributed by atoms with Gasteiger partial charge in [-0.1, -0.05) is 22.9 Å². The molecule has 1 aromatic carbocycles. The van der Waals surface area contributed by atoms with Crippen LogP contribution in [0.4, 0.5) is 0 Å². The van der Waals surface area contributed by atoms with Gasteiger partial charge < -0.3 is 4.74 Å². The lowest BCUT2D eigenvalue weighted by molar-refractivity contribution is -0.130. The molecular weight excluding hydrogens is 392 g/mol. The minimum atomic E-state index is -0.413. The Balaban J connectivity index is 2.47. The highest BCUT2D eigenvalue weighted by molar-refractivity contribution is 9.11. The fourth-order valence-electron chi connectivity index (χ4n) is 1.47. The number of hydrazine groups is 1. The Morgan fingerprint density at radius 1 is 1.20 bits per heavy atom. The number of hydrogen-bond donors (Lipinski definition) is 2. The fourth-order valence-corrected chi connectivity index (χ4v) is 3.03. The second-order valence-electron chi connectivity index (χ2n) is 4.17. The maximum absolute atomic E-state index is 11.5. The van der Waals surface area contributed by atoms with Gasteiger partial charge in [-0.15, -0.1) is 0 Å². The summed E-state index contributed by atoms with van der Waals surface area (Å²) < 4.78 is 7.12. The first kappa shape index (κ1) is 17.0. The van der Waals surface area contributed by atoms with Crippen molar-refractivity contribution in [1.29, 1.82) is 0 Å². The first-order valence-corrected chi connectivity index (χ1v) is 7.68. The van der Waals surface area contributed by atoms with Crippen LogP contribution >= 0.6 is 31.9 Å². The van der Waals surface area contributed by atoms with E-state index in [0.29, 0.717) is 12.2 Å². The summed E-state index contributed by atoms with van der Waals surface area (Å²) in [5.74, 6) is -0.0336. The lowest BCUT2D eigenvalue weighted by Gasteiger charge is -2.12. The molecule has 20 heavy (non-hydrogen) atoms. The number of nitrogens with one attached hydrogen (secondary N) is 2. The maximum atomic E-state index is 11.5. The van der Waals surface area contributed by atoms with Crippen LogP contribution in [0.3, 0.4) is 0 Å². The summed E-state index contributed by atoms with van der Waals surface area (Å²) in [7, 11) is 0. The topological polar surface area (TPSA) is 67.4 Å². The number of benzene rings is 1. The largest absolute Gasteiger partial charge is 0.482 e. The van der Waals surface area contributed by atoms with Gasteiger partial charge in [0.2, 0.25) is 5.91 Å². The molecule has 0 atom stereocenters. The first-order chi connectivity index (χ1) is 9.43. The number of ether oxygens (including phenoxy) is 1. The number of amides is 2. The zero-order valence-electron chi connectivity index (χ0n) is 11.3. The van der Waals surface area contributed by atoms with E-state index in [1.54, 1.807) is 0 Å². The van der Waals surface area contributed by atoms with Crippen LogP contribution in [0.25, 0.3) is 0 Å². The Bertz CT molecular complexity index is 483. The number of carbonyl (C=O) groups excluding carboxylic acids is 2. The van der Waals surface area contributed by atoms with Gasteiger partial charge in [0.05, 0.1) is 4.47 Å². The van der Waals surface area contributed by atoms with Gasteiger partial charge in [-0.2, -0.15) is 0 Å². The lowest BCUT2D eigenvalue weighted by Crippen LogP contribution is -2.43. The second kappa shape index (κ2) is 8.26. The molecule has 5 nitrogen and oxygen atoms in total. The van der Waals surface area contributed by atoms with Crippen LogP contribution in [0.1, 0.15) is 25.3 Å². The van der Waals surface area contributed by atoms with Crippen LogP contribution in [0.2, 0.25) is 0 Å². The van der Waals surface area contributed by atoms with Gasteiger partial charge in [-0.25, -0.2) is 0 Å². The third-order valence-corrected chi connectivity index (χ3v) is 3.41. The number of rotatable bonds is 5. The zero-order chi connectivity index (χ0) is 15.1. The minimum Gasteiger partial charge on any atom is -0.482 e. The van der Waals surface area contributed by atoms with E-state index >= 15 is 0 Å². The van der Waals surface area contributed by atoms with E-state index in [2.05, 4.69) is 42.7 Å². The summed E-state index contributed by atoms with van der Waals surface area (Å²) >= 11 is 6.74. The van der Waals surface area contributed by atoms with Crippen LogP contribution in [0.15, 0.2) is 21.1 Å². The van der Waals surface area contributed by atoms with E-state index in [-0.39, 0.29) is 12.5 Å². The van der Waals surface area contributed by atoms with E-state index in [1.165, 1.54) is 0 Å². The third-order valence-electron chi connectivity index (χ3n) is 2.36. The highest BCUT2D eigenvalue weighted by Gasteiger charge is 2.10. The van der Waals surface area contributed by atoms with Gasteiger partial charge >= 0.3 is 0 Å². The van der Waals surface area contributed by atoms with Crippen molar-refractivity contribution in [2.75, 3.05) is 6.61 Å². The van der Waals surface area contributed by atoms with E-state index in [1.807, 2.05) is 26.0 Å². The molecule has 0 heterocycles. The molecule has 0 spiro atoms. The van der Waals surface area contributed by atoms with Crippen molar-refractivity contribution in [2.45, 2.75) is 26.7 Å². The molecular formula is C13H16Br2N2O3. The molecule has 0 bridgehead atoms. The summed E-state index contributed by atoms with van der Waals surface area (Å²) in [4.78, 5) is 22.7. The van der Waals surface area contributed by atoms with E-state index in [4.69, 9.17) is 4.74 Å². The molecule has 1 aromatic rings. The van der Waals surface area contributed by atoms with Crippen molar-refractivity contribution in [3.63, 3.8) is 0 Å². The first-order valence-electron chi connectivity index (χ1n) is 6.10. The molecule has 0 aliphatic rings. The average Bonchev–Trinajstić information content (AvgIpc) is 2.35. The van der Waals surface area contributed by atoms with Gasteiger partial charge in [0.25, 0.3) is 5.91 Å². The predicted molar refractivity (Wildman–Crippen MR) is 83.3 cm³/mol. The van der Waals surface area contributed by atoms with Crippen LogP contribution in [0, 0.1) is 6.92 Å². The van der Waals surface area contributed by atoms with E-state index in [9.17, 15) is 9.59 Å².